The van der Waals surface area contributed by atoms with Crippen LogP contribution in [-0.2, 0) is 4.74 Å². The van der Waals surface area contributed by atoms with Gasteiger partial charge < -0.3 is 19.3 Å². The summed E-state index contributed by atoms with van der Waals surface area (Å²) in [7, 11) is 0. The van der Waals surface area contributed by atoms with Crippen LogP contribution in [0.4, 0.5) is 11.5 Å². The number of aromatic nitrogens is 5. The lowest BCUT2D eigenvalue weighted by atomic mass is 9.88. The summed E-state index contributed by atoms with van der Waals surface area (Å²) in [6.07, 6.45) is 8.05. The highest BCUT2D eigenvalue weighted by molar-refractivity contribution is 5.88. The monoisotopic (exact) mass is 597 g/mol. The average molecular weight is 598 g/mol. The van der Waals surface area contributed by atoms with E-state index in [1.807, 2.05) is 18.6 Å². The van der Waals surface area contributed by atoms with E-state index in [1.165, 1.54) is 12.0 Å². The molecule has 2 unspecified atom stereocenters. The number of aromatic amines is 2. The van der Waals surface area contributed by atoms with Crippen LogP contribution in [0.15, 0.2) is 73.2 Å². The second-order valence-corrected chi connectivity index (χ2v) is 12.9. The van der Waals surface area contributed by atoms with Crippen molar-refractivity contribution in [1.82, 2.24) is 30.3 Å². The Kier molecular flexibility index (Phi) is 6.35. The summed E-state index contributed by atoms with van der Waals surface area (Å²) in [6, 6.07) is 19.3. The minimum absolute atomic E-state index is 0.672. The second-order valence-electron chi connectivity index (χ2n) is 12.9. The van der Waals surface area contributed by atoms with E-state index in [4.69, 9.17) is 14.5 Å². The highest BCUT2D eigenvalue weighted by atomic mass is 16.5. The minimum atomic E-state index is 0.672. The van der Waals surface area contributed by atoms with Crippen LogP contribution in [0.1, 0.15) is 18.4 Å². The first-order valence-corrected chi connectivity index (χ1v) is 15.9. The zero-order valence-electron chi connectivity index (χ0n) is 25.3. The van der Waals surface area contributed by atoms with E-state index in [1.54, 1.807) is 0 Å². The first-order chi connectivity index (χ1) is 22.1. The molecule has 3 aromatic heterocycles. The molecule has 0 saturated carbocycles. The predicted octanol–water partition coefficient (Wildman–Crippen LogP) is 7.08. The zero-order valence-corrected chi connectivity index (χ0v) is 25.3. The van der Waals surface area contributed by atoms with Crippen molar-refractivity contribution >= 4 is 33.3 Å². The third-order valence-electron chi connectivity index (χ3n) is 9.69. The first kappa shape index (κ1) is 26.7. The van der Waals surface area contributed by atoms with E-state index in [9.17, 15) is 0 Å². The number of likely N-dealkylation sites (tertiary alicyclic amines) is 1. The van der Waals surface area contributed by atoms with Crippen molar-refractivity contribution in [1.29, 1.82) is 0 Å². The molecule has 0 spiro atoms. The maximum absolute atomic E-state index is 6.71. The second kappa shape index (κ2) is 10.7. The summed E-state index contributed by atoms with van der Waals surface area (Å²) in [5.74, 6) is 3.84. The summed E-state index contributed by atoms with van der Waals surface area (Å²) in [5, 5.41) is 16.7. The van der Waals surface area contributed by atoms with E-state index >= 15 is 0 Å². The van der Waals surface area contributed by atoms with Gasteiger partial charge in [0.15, 0.2) is 17.3 Å². The molecule has 0 aliphatic carbocycles. The van der Waals surface area contributed by atoms with Crippen LogP contribution >= 0.6 is 0 Å². The molecular formula is C36H35N7O2. The molecule has 9 heteroatoms. The lowest BCUT2D eigenvalue weighted by Crippen LogP contribution is -2.47. The van der Waals surface area contributed by atoms with Gasteiger partial charge in [0.2, 0.25) is 0 Å². The number of hydrogen-bond donors (Lipinski definition) is 2. The Hall–Kier alpha value is -4.73. The number of piperidine rings is 1. The molecule has 45 heavy (non-hydrogen) atoms. The SMILES string of the molecule is Cc1cc2c(cc1-c1ccc3[nH]ncc3c1)Oc1cc(-c3ccc4[nH]ncc4c3)cnc1N2CCCN1CC2COCC(C2)C1. The fourth-order valence-corrected chi connectivity index (χ4v) is 7.54. The van der Waals surface area contributed by atoms with Crippen molar-refractivity contribution in [3.8, 4) is 33.8 Å². The Morgan fingerprint density at radius 3 is 2.29 bits per heavy atom. The molecule has 3 aliphatic rings. The minimum Gasteiger partial charge on any atom is -0.451 e. The zero-order chi connectivity index (χ0) is 29.9. The van der Waals surface area contributed by atoms with Crippen molar-refractivity contribution in [2.75, 3.05) is 44.3 Å². The average Bonchev–Trinajstić information content (AvgIpc) is 3.73. The van der Waals surface area contributed by atoms with Gasteiger partial charge in [0.25, 0.3) is 0 Å². The maximum Gasteiger partial charge on any atom is 0.176 e. The van der Waals surface area contributed by atoms with E-state index in [0.717, 1.165) is 113 Å². The summed E-state index contributed by atoms with van der Waals surface area (Å²) < 4.78 is 12.5. The highest BCUT2D eigenvalue weighted by Crippen LogP contribution is 2.49. The molecule has 9 nitrogen and oxygen atoms in total. The lowest BCUT2D eigenvalue weighted by molar-refractivity contribution is -0.0403. The number of nitrogens with one attached hydrogen (secondary N) is 2. The number of nitrogens with zero attached hydrogens (tertiary/aromatic N) is 5. The van der Waals surface area contributed by atoms with E-state index in [2.05, 4.69) is 91.7 Å². The molecule has 2 N–H and O–H groups in total. The van der Waals surface area contributed by atoms with Crippen molar-refractivity contribution in [2.45, 2.75) is 19.8 Å². The molecule has 6 heterocycles. The van der Waals surface area contributed by atoms with Crippen LogP contribution in [0.2, 0.25) is 0 Å². The normalized spacial score (nSPS) is 19.4. The van der Waals surface area contributed by atoms with Crippen LogP contribution in [-0.4, -0.2) is 69.7 Å². The number of H-pyrrole nitrogens is 2. The van der Waals surface area contributed by atoms with Gasteiger partial charge in [-0.15, -0.1) is 0 Å². The largest absolute Gasteiger partial charge is 0.451 e. The standard InChI is InChI=1S/C36H35N7O2/c1-22-9-33-34(14-30(22)26-4-6-32-29(12-26)17-39-41-32)45-35-13-27(25-3-5-31-28(11-25)16-38-40-31)15-37-36(35)43(33)8-2-7-42-18-23-10-24(19-42)21-44-20-23/h3-6,9,11-17,23-24H,2,7-8,10,18-21H2,1H3,(H,38,40)(H,39,41). The molecule has 226 valence electrons. The van der Waals surface area contributed by atoms with Gasteiger partial charge in [0, 0.05) is 42.2 Å². The number of ether oxygens (including phenoxy) is 2. The fraction of sp³-hybridized carbons (Fsp3) is 0.306. The van der Waals surface area contributed by atoms with E-state index in [0.29, 0.717) is 11.8 Å². The number of benzene rings is 3. The Morgan fingerprint density at radius 2 is 1.51 bits per heavy atom. The number of rotatable bonds is 6. The maximum atomic E-state index is 6.71. The molecule has 3 aliphatic heterocycles. The topological polar surface area (TPSA) is 95.2 Å². The summed E-state index contributed by atoms with van der Waals surface area (Å²) >= 11 is 0. The molecular weight excluding hydrogens is 562 g/mol. The van der Waals surface area contributed by atoms with Crippen LogP contribution in [0.25, 0.3) is 44.1 Å². The molecule has 2 atom stereocenters. The molecule has 9 rings (SSSR count). The molecule has 6 aromatic rings. The summed E-state index contributed by atoms with van der Waals surface area (Å²) in [5.41, 5.74) is 8.70. The Balaban J connectivity index is 1.06. The third kappa shape index (κ3) is 4.83. The first-order valence-electron chi connectivity index (χ1n) is 15.9. The number of anilines is 2. The van der Waals surface area contributed by atoms with Gasteiger partial charge in [-0.2, -0.15) is 10.2 Å². The van der Waals surface area contributed by atoms with Crippen molar-refractivity contribution in [2.24, 2.45) is 11.8 Å². The number of pyridine rings is 1. The molecule has 2 bridgehead atoms. The molecule has 0 amide bonds. The molecule has 3 aromatic carbocycles. The highest BCUT2D eigenvalue weighted by Gasteiger charge is 2.32. The van der Waals surface area contributed by atoms with Crippen molar-refractivity contribution in [3.05, 3.63) is 78.8 Å². The Labute approximate surface area is 261 Å². The molecule has 2 fully saturated rings. The number of aryl methyl sites for hydroxylation is 1. The molecule has 2 saturated heterocycles. The quantitative estimate of drug-likeness (QED) is 0.212. The predicted molar refractivity (Wildman–Crippen MR) is 176 cm³/mol. The van der Waals surface area contributed by atoms with Crippen LogP contribution in [0.3, 0.4) is 0 Å². The van der Waals surface area contributed by atoms with Crippen molar-refractivity contribution in [3.63, 3.8) is 0 Å². The van der Waals surface area contributed by atoms with Gasteiger partial charge in [-0.05, 0) is 103 Å². The van der Waals surface area contributed by atoms with Crippen molar-refractivity contribution < 1.29 is 9.47 Å². The summed E-state index contributed by atoms with van der Waals surface area (Å²) in [4.78, 5) is 10.0. The van der Waals surface area contributed by atoms with E-state index < -0.39 is 0 Å². The number of fused-ring (bicyclic) bond motifs is 6. The van der Waals surface area contributed by atoms with Gasteiger partial charge >= 0.3 is 0 Å². The fourth-order valence-electron chi connectivity index (χ4n) is 7.54. The number of hydrogen-bond acceptors (Lipinski definition) is 7. The third-order valence-corrected chi connectivity index (χ3v) is 9.69. The van der Waals surface area contributed by atoms with Gasteiger partial charge in [-0.3, -0.25) is 10.2 Å². The van der Waals surface area contributed by atoms with Gasteiger partial charge in [-0.1, -0.05) is 12.1 Å². The Morgan fingerprint density at radius 1 is 0.778 bits per heavy atom. The lowest BCUT2D eigenvalue weighted by Gasteiger charge is -2.41. The van der Waals surface area contributed by atoms with Gasteiger partial charge in [0.05, 0.1) is 42.3 Å². The smallest absolute Gasteiger partial charge is 0.176 e. The van der Waals surface area contributed by atoms with Crippen LogP contribution in [0.5, 0.6) is 11.5 Å². The van der Waals surface area contributed by atoms with Gasteiger partial charge in [0.1, 0.15) is 0 Å². The van der Waals surface area contributed by atoms with Gasteiger partial charge in [-0.25, -0.2) is 4.98 Å². The van der Waals surface area contributed by atoms with Crippen LogP contribution < -0.4 is 9.64 Å². The van der Waals surface area contributed by atoms with Crippen LogP contribution in [0, 0.1) is 18.8 Å². The Bertz CT molecular complexity index is 2040. The molecule has 0 radical (unpaired) electrons. The van der Waals surface area contributed by atoms with E-state index in [-0.39, 0.29) is 0 Å². The summed E-state index contributed by atoms with van der Waals surface area (Å²) in [6.45, 7) is 8.20.